The van der Waals surface area contributed by atoms with Gasteiger partial charge in [-0.2, -0.15) is 0 Å². The molecule has 94 valence electrons. The number of nitrogens with zero attached hydrogens (tertiary/aromatic N) is 1. The Hall–Kier alpha value is -1.10. The molecule has 2 N–H and O–H groups in total. The zero-order chi connectivity index (χ0) is 12.8. The van der Waals surface area contributed by atoms with E-state index in [0.717, 1.165) is 10.0 Å². The van der Waals surface area contributed by atoms with E-state index in [1.807, 2.05) is 13.0 Å². The molecular formula is C12H18BrN3O. The molecule has 17 heavy (non-hydrogen) atoms. The molecule has 0 aliphatic carbocycles. The highest BCUT2D eigenvalue weighted by atomic mass is 79.9. The van der Waals surface area contributed by atoms with Gasteiger partial charge in [0.25, 0.3) is 0 Å². The van der Waals surface area contributed by atoms with Gasteiger partial charge in [0.2, 0.25) is 5.91 Å². The first kappa shape index (κ1) is 14.0. The van der Waals surface area contributed by atoms with Crippen molar-refractivity contribution in [3.05, 3.63) is 22.3 Å². The lowest BCUT2D eigenvalue weighted by Crippen LogP contribution is -2.32. The monoisotopic (exact) mass is 299 g/mol. The first-order valence-corrected chi connectivity index (χ1v) is 6.41. The molecule has 1 heterocycles. The Balaban J connectivity index is 2.45. The quantitative estimate of drug-likeness (QED) is 0.877. The lowest BCUT2D eigenvalue weighted by molar-refractivity contribution is -0.119. The van der Waals surface area contributed by atoms with Crippen LogP contribution in [0, 0.1) is 12.8 Å². The second-order valence-electron chi connectivity index (χ2n) is 4.34. The predicted molar refractivity (Wildman–Crippen MR) is 73.0 cm³/mol. The summed E-state index contributed by atoms with van der Waals surface area (Å²) in [6, 6.07) is 1.91. The van der Waals surface area contributed by atoms with Gasteiger partial charge in [-0.05, 0) is 40.4 Å². The van der Waals surface area contributed by atoms with E-state index in [2.05, 4.69) is 45.4 Å². The molecule has 0 aliphatic rings. The largest absolute Gasteiger partial charge is 0.360 e. The summed E-state index contributed by atoms with van der Waals surface area (Å²) in [5.41, 5.74) is 1.09. The molecule has 0 saturated heterocycles. The second-order valence-corrected chi connectivity index (χ2v) is 5.13. The zero-order valence-corrected chi connectivity index (χ0v) is 12.0. The Morgan fingerprint density at radius 2 is 2.24 bits per heavy atom. The van der Waals surface area contributed by atoms with E-state index in [1.165, 1.54) is 0 Å². The molecule has 4 nitrogen and oxygen atoms in total. The summed E-state index contributed by atoms with van der Waals surface area (Å²) in [7, 11) is 0. The van der Waals surface area contributed by atoms with Crippen LogP contribution in [0.15, 0.2) is 16.7 Å². The van der Waals surface area contributed by atoms with Gasteiger partial charge in [0.15, 0.2) is 0 Å². The first-order valence-electron chi connectivity index (χ1n) is 5.62. The van der Waals surface area contributed by atoms with Crippen LogP contribution in [-0.4, -0.2) is 24.0 Å². The molecule has 0 atom stereocenters. The molecule has 0 bridgehead atoms. The number of hydrogen-bond acceptors (Lipinski definition) is 3. The van der Waals surface area contributed by atoms with Crippen LogP contribution in [0.2, 0.25) is 0 Å². The van der Waals surface area contributed by atoms with Gasteiger partial charge in [0.1, 0.15) is 5.82 Å². The van der Waals surface area contributed by atoms with E-state index < -0.39 is 0 Å². The van der Waals surface area contributed by atoms with Crippen LogP contribution in [-0.2, 0) is 4.79 Å². The fraction of sp³-hybridized carbons (Fsp3) is 0.500. The highest BCUT2D eigenvalue weighted by Crippen LogP contribution is 2.22. The Morgan fingerprint density at radius 1 is 1.53 bits per heavy atom. The van der Waals surface area contributed by atoms with Gasteiger partial charge in [-0.3, -0.25) is 4.79 Å². The summed E-state index contributed by atoms with van der Waals surface area (Å²) >= 11 is 3.44. The number of aryl methyl sites for hydroxylation is 1. The summed E-state index contributed by atoms with van der Waals surface area (Å²) in [5.74, 6) is 1.14. The molecule has 1 rings (SSSR count). The number of rotatable bonds is 5. The maximum absolute atomic E-state index is 11.5. The highest BCUT2D eigenvalue weighted by Gasteiger charge is 2.06. The van der Waals surface area contributed by atoms with Gasteiger partial charge in [0.05, 0.1) is 11.0 Å². The summed E-state index contributed by atoms with van der Waals surface area (Å²) < 4.78 is 0.900. The summed E-state index contributed by atoms with van der Waals surface area (Å²) in [6.45, 7) is 7.04. The average Bonchev–Trinajstić information content (AvgIpc) is 2.28. The molecule has 1 amide bonds. The van der Waals surface area contributed by atoms with E-state index in [1.54, 1.807) is 6.20 Å². The Kier molecular flexibility index (Phi) is 5.41. The third kappa shape index (κ3) is 4.73. The fourth-order valence-electron chi connectivity index (χ4n) is 1.21. The molecule has 1 aromatic heterocycles. The van der Waals surface area contributed by atoms with Crippen LogP contribution in [0.5, 0.6) is 0 Å². The van der Waals surface area contributed by atoms with Crippen LogP contribution < -0.4 is 10.6 Å². The normalized spacial score (nSPS) is 10.4. The Bertz CT molecular complexity index is 393. The minimum Gasteiger partial charge on any atom is -0.360 e. The number of anilines is 1. The van der Waals surface area contributed by atoms with Crippen molar-refractivity contribution in [2.45, 2.75) is 20.8 Å². The number of pyridine rings is 1. The molecule has 1 aromatic rings. The minimum atomic E-state index is -0.0195. The molecule has 5 heteroatoms. The van der Waals surface area contributed by atoms with Crippen molar-refractivity contribution < 1.29 is 4.79 Å². The van der Waals surface area contributed by atoms with E-state index >= 15 is 0 Å². The minimum absolute atomic E-state index is 0.0195. The Morgan fingerprint density at radius 3 is 2.88 bits per heavy atom. The first-order chi connectivity index (χ1) is 8.00. The number of aromatic nitrogens is 1. The van der Waals surface area contributed by atoms with Crippen molar-refractivity contribution in [3.8, 4) is 0 Å². The number of amides is 1. The van der Waals surface area contributed by atoms with Crippen LogP contribution in [0.3, 0.4) is 0 Å². The van der Waals surface area contributed by atoms with Gasteiger partial charge in [-0.25, -0.2) is 4.98 Å². The van der Waals surface area contributed by atoms with Gasteiger partial charge >= 0.3 is 0 Å². The molecule has 0 aliphatic heterocycles. The standard InChI is InChI=1S/C12H18BrN3O/c1-8(2)6-15-10(17)7-16-12-11(13)9(3)4-5-14-12/h4-5,8H,6-7H2,1-3H3,(H,14,16)(H,15,17). The maximum Gasteiger partial charge on any atom is 0.239 e. The fourth-order valence-corrected chi connectivity index (χ4v) is 1.58. The van der Waals surface area contributed by atoms with Crippen LogP contribution in [0.25, 0.3) is 0 Å². The summed E-state index contributed by atoms with van der Waals surface area (Å²) in [5, 5.41) is 5.85. The lowest BCUT2D eigenvalue weighted by Gasteiger charge is -2.10. The molecule has 0 aromatic carbocycles. The predicted octanol–water partition coefficient (Wildman–Crippen LogP) is 2.34. The number of hydrogen-bond donors (Lipinski definition) is 2. The van der Waals surface area contributed by atoms with Gasteiger partial charge in [-0.15, -0.1) is 0 Å². The van der Waals surface area contributed by atoms with Crippen molar-refractivity contribution in [2.24, 2.45) is 5.92 Å². The third-order valence-electron chi connectivity index (χ3n) is 2.21. The lowest BCUT2D eigenvalue weighted by atomic mass is 10.2. The molecular weight excluding hydrogens is 282 g/mol. The Labute approximate surface area is 110 Å². The maximum atomic E-state index is 11.5. The summed E-state index contributed by atoms with van der Waals surface area (Å²) in [4.78, 5) is 15.7. The topological polar surface area (TPSA) is 54.0 Å². The van der Waals surface area contributed by atoms with Crippen LogP contribution in [0.1, 0.15) is 19.4 Å². The van der Waals surface area contributed by atoms with E-state index in [0.29, 0.717) is 18.3 Å². The van der Waals surface area contributed by atoms with Crippen molar-refractivity contribution >= 4 is 27.7 Å². The molecule has 0 radical (unpaired) electrons. The van der Waals surface area contributed by atoms with Crippen LogP contribution in [0.4, 0.5) is 5.82 Å². The van der Waals surface area contributed by atoms with Crippen molar-refractivity contribution in [1.29, 1.82) is 0 Å². The molecule has 0 fully saturated rings. The van der Waals surface area contributed by atoms with Gasteiger partial charge in [-0.1, -0.05) is 13.8 Å². The van der Waals surface area contributed by atoms with E-state index in [-0.39, 0.29) is 12.5 Å². The van der Waals surface area contributed by atoms with Gasteiger partial charge in [0, 0.05) is 12.7 Å². The zero-order valence-electron chi connectivity index (χ0n) is 10.4. The van der Waals surface area contributed by atoms with Gasteiger partial charge < -0.3 is 10.6 Å². The highest BCUT2D eigenvalue weighted by molar-refractivity contribution is 9.10. The van der Waals surface area contributed by atoms with E-state index in [4.69, 9.17) is 0 Å². The number of nitrogens with one attached hydrogen (secondary N) is 2. The number of carbonyl (C=O) groups excluding carboxylic acids is 1. The molecule has 0 unspecified atom stereocenters. The van der Waals surface area contributed by atoms with E-state index in [9.17, 15) is 4.79 Å². The molecule has 0 saturated carbocycles. The average molecular weight is 300 g/mol. The van der Waals surface area contributed by atoms with Crippen molar-refractivity contribution in [1.82, 2.24) is 10.3 Å². The number of carbonyl (C=O) groups is 1. The third-order valence-corrected chi connectivity index (χ3v) is 3.21. The second kappa shape index (κ2) is 6.59. The smallest absolute Gasteiger partial charge is 0.239 e. The SMILES string of the molecule is Cc1ccnc(NCC(=O)NCC(C)C)c1Br. The summed E-state index contributed by atoms with van der Waals surface area (Å²) in [6.07, 6.45) is 1.72. The van der Waals surface area contributed by atoms with Crippen molar-refractivity contribution in [3.63, 3.8) is 0 Å². The van der Waals surface area contributed by atoms with Crippen molar-refractivity contribution in [2.75, 3.05) is 18.4 Å². The molecule has 0 spiro atoms. The number of halogens is 1. The van der Waals surface area contributed by atoms with Crippen LogP contribution >= 0.6 is 15.9 Å².